The summed E-state index contributed by atoms with van der Waals surface area (Å²) in [5.41, 5.74) is 16.6. The van der Waals surface area contributed by atoms with E-state index in [4.69, 9.17) is 19.5 Å². The summed E-state index contributed by atoms with van der Waals surface area (Å²) in [6.45, 7) is 21.5. The molecule has 0 saturated heterocycles. The quantitative estimate of drug-likeness (QED) is 0.0789. The van der Waals surface area contributed by atoms with E-state index in [1.807, 2.05) is 32.9 Å². The molecule has 0 spiro atoms. The van der Waals surface area contributed by atoms with Crippen molar-refractivity contribution < 1.29 is 24.3 Å². The topological polar surface area (TPSA) is 153 Å². The maximum atomic E-state index is 12.1. The van der Waals surface area contributed by atoms with Gasteiger partial charge in [-0.3, -0.25) is 9.59 Å². The molecule has 0 bridgehead atoms. The molecular formula is C56H89N3O5. The van der Waals surface area contributed by atoms with E-state index in [1.54, 1.807) is 6.08 Å². The van der Waals surface area contributed by atoms with Crippen molar-refractivity contribution in [3.63, 3.8) is 0 Å². The lowest BCUT2D eigenvalue weighted by atomic mass is 9.51. The van der Waals surface area contributed by atoms with Crippen molar-refractivity contribution in [1.82, 2.24) is 5.32 Å². The lowest BCUT2D eigenvalue weighted by Gasteiger charge is -2.54. The van der Waals surface area contributed by atoms with Crippen molar-refractivity contribution in [2.75, 3.05) is 20.6 Å². The van der Waals surface area contributed by atoms with E-state index in [0.29, 0.717) is 10.8 Å². The Morgan fingerprint density at radius 1 is 0.844 bits per heavy atom. The molecule has 0 radical (unpaired) electrons. The molecule has 0 heterocycles. The van der Waals surface area contributed by atoms with E-state index < -0.39 is 0 Å². The fourth-order valence-corrected chi connectivity index (χ4v) is 11.1. The van der Waals surface area contributed by atoms with Gasteiger partial charge in [-0.1, -0.05) is 132 Å². The number of aldehydes is 1. The Morgan fingerprint density at radius 3 is 2.00 bits per heavy atom. The number of fused-ring (bicyclic) bond motifs is 1. The molecule has 0 aromatic heterocycles. The largest absolute Gasteiger partial charge is 0.483 e. The van der Waals surface area contributed by atoms with Crippen LogP contribution in [0.4, 0.5) is 0 Å². The minimum absolute atomic E-state index is 0.0674. The molecule has 358 valence electrons. The molecule has 4 fully saturated rings. The van der Waals surface area contributed by atoms with Gasteiger partial charge in [0.1, 0.15) is 13.1 Å². The molecule has 0 aliphatic heterocycles. The van der Waals surface area contributed by atoms with Gasteiger partial charge in [0.05, 0.1) is 0 Å². The molecule has 6 rings (SSSR count). The number of nitrogens with one attached hydrogen (secondary N) is 1. The Labute approximate surface area is 389 Å². The molecule has 6 atom stereocenters. The highest BCUT2D eigenvalue weighted by molar-refractivity contribution is 5.61. The highest BCUT2D eigenvalue weighted by atomic mass is 16.3. The molecule has 64 heavy (non-hydrogen) atoms. The summed E-state index contributed by atoms with van der Waals surface area (Å²) in [5.74, 6) is 3.55. The predicted octanol–water partition coefficient (Wildman–Crippen LogP) is 11.8. The number of nitrogens with two attached hydrogens (primary N) is 2. The van der Waals surface area contributed by atoms with E-state index >= 15 is 0 Å². The number of allylic oxidation sites excluding steroid dienone is 6. The van der Waals surface area contributed by atoms with Gasteiger partial charge < -0.3 is 31.5 Å². The first-order chi connectivity index (χ1) is 30.9. The van der Waals surface area contributed by atoms with Crippen LogP contribution in [0.1, 0.15) is 147 Å². The van der Waals surface area contributed by atoms with Crippen LogP contribution in [0.2, 0.25) is 0 Å². The van der Waals surface area contributed by atoms with Gasteiger partial charge in [0, 0.05) is 5.41 Å². The molecule has 1 amide bonds. The number of amides is 1. The Hall–Kier alpha value is -4.40. The lowest BCUT2D eigenvalue weighted by Crippen LogP contribution is -2.44. The maximum Gasteiger partial charge on any atom is 0.290 e. The Morgan fingerprint density at radius 2 is 1.44 bits per heavy atom. The number of hydrogen-bond donors (Lipinski definition) is 4. The van der Waals surface area contributed by atoms with E-state index in [9.17, 15) is 4.79 Å². The van der Waals surface area contributed by atoms with E-state index in [-0.39, 0.29) is 18.3 Å². The Kier molecular flexibility index (Phi) is 31.7. The first kappa shape index (κ1) is 59.6. The van der Waals surface area contributed by atoms with Crippen LogP contribution in [0.3, 0.4) is 0 Å². The van der Waals surface area contributed by atoms with Gasteiger partial charge in [-0.25, -0.2) is 0 Å². The highest BCUT2D eigenvalue weighted by Gasteiger charge is 2.51. The molecule has 4 aliphatic carbocycles. The lowest BCUT2D eigenvalue weighted by molar-refractivity contribution is -0.123. The number of benzene rings is 2. The number of carbonyl (C=O) groups is 4. The zero-order valence-corrected chi connectivity index (χ0v) is 41.1. The third-order valence-electron chi connectivity index (χ3n) is 13.9. The van der Waals surface area contributed by atoms with Gasteiger partial charge in [0.15, 0.2) is 0 Å². The van der Waals surface area contributed by atoms with Crippen LogP contribution in [0.15, 0.2) is 97.6 Å². The molecule has 8 heteroatoms. The minimum atomic E-state index is -0.250. The highest BCUT2D eigenvalue weighted by Crippen LogP contribution is 2.60. The van der Waals surface area contributed by atoms with Crippen LogP contribution in [-0.2, 0) is 38.4 Å². The molecule has 4 saturated carbocycles. The standard InChI is InChI=1S/C25H42O.C24H29N.C3H6.CH3NO.CH5N.CH2O2.CH2O/c1-19-7-4-13-24(3)17-23(2,16-11-21(19)24)12-6-15-25(18-26)14-5-8-22(25)20-9-10-20;1-4-6-8-20(5-2)17-22-11-13-23(14-12-22)19-24-10-7-9-21(18-24)15-16-25-3;1-3-2;2-1-3;1-2;2-1-3;1-2/h18-22H,4-17H2,1-3H3;4-14,18,25H,1,15-17,19H2,2-3H3;3H,1H2,2H3;1H,(H2,2,3);2H2,1H3;1H,(H,2,3);1H2/b;8-6-,20-5-;;;;;. The van der Waals surface area contributed by atoms with Crippen LogP contribution in [-0.4, -0.2) is 51.7 Å². The summed E-state index contributed by atoms with van der Waals surface area (Å²) in [4.78, 5) is 37.1. The Bertz CT molecular complexity index is 1640. The zero-order valence-electron chi connectivity index (χ0n) is 41.1. The van der Waals surface area contributed by atoms with Crippen molar-refractivity contribution in [2.45, 2.75) is 144 Å². The average Bonchev–Trinajstić information content (AvgIpc) is 4.05. The SMILES string of the molecule is C=C/C=C\C(=C\C)Cc1ccc(Cc2cccc(CCNC)c2)cc1.C=CC.C=O.CC1CCCC2(C)CC(C)(CCCC3(C=O)CCCC3C3CC3)CCC12.CN.NC=O.O=CO. The van der Waals surface area contributed by atoms with Crippen LogP contribution in [0.5, 0.6) is 0 Å². The first-order valence-corrected chi connectivity index (χ1v) is 23.8. The van der Waals surface area contributed by atoms with E-state index in [0.717, 1.165) is 49.5 Å². The number of rotatable bonds is 15. The average molecular weight is 884 g/mol. The van der Waals surface area contributed by atoms with Crippen LogP contribution in [0, 0.1) is 39.9 Å². The molecule has 6 unspecified atom stereocenters. The van der Waals surface area contributed by atoms with Crippen LogP contribution >= 0.6 is 0 Å². The second kappa shape index (κ2) is 34.0. The van der Waals surface area contributed by atoms with Crippen molar-refractivity contribution >= 4 is 26.0 Å². The third kappa shape index (κ3) is 21.1. The van der Waals surface area contributed by atoms with Gasteiger partial charge in [0.25, 0.3) is 6.47 Å². The normalized spacial score (nSPS) is 25.2. The van der Waals surface area contributed by atoms with Crippen LogP contribution in [0.25, 0.3) is 0 Å². The Balaban J connectivity index is 0.000000983. The second-order valence-corrected chi connectivity index (χ2v) is 18.6. The van der Waals surface area contributed by atoms with Crippen molar-refractivity contribution in [3.05, 3.63) is 120 Å². The van der Waals surface area contributed by atoms with Crippen molar-refractivity contribution in [2.24, 2.45) is 51.4 Å². The summed E-state index contributed by atoms with van der Waals surface area (Å²) in [6, 6.07) is 17.9. The van der Waals surface area contributed by atoms with E-state index in [2.05, 4.69) is 118 Å². The molecule has 4 aliphatic rings. The zero-order chi connectivity index (χ0) is 48.4. The molecule has 8 nitrogen and oxygen atoms in total. The van der Waals surface area contributed by atoms with Crippen molar-refractivity contribution in [3.8, 4) is 0 Å². The number of primary amides is 1. The number of likely N-dealkylation sites (N-methyl/N-ethyl adjacent to an activating group) is 1. The summed E-state index contributed by atoms with van der Waals surface area (Å²) in [5, 5.41) is 10.1. The minimum Gasteiger partial charge on any atom is -0.483 e. The number of hydrogen-bond acceptors (Lipinski definition) is 6. The first-order valence-electron chi connectivity index (χ1n) is 23.8. The second-order valence-electron chi connectivity index (χ2n) is 18.6. The van der Waals surface area contributed by atoms with Gasteiger partial charge in [-0.05, 0) is 180 Å². The van der Waals surface area contributed by atoms with Gasteiger partial charge >= 0.3 is 0 Å². The number of carboxylic acid groups (broad SMARTS) is 1. The number of carbonyl (C=O) groups excluding carboxylic acids is 3. The third-order valence-corrected chi connectivity index (χ3v) is 13.9. The monoisotopic (exact) mass is 884 g/mol. The fourth-order valence-electron chi connectivity index (χ4n) is 11.1. The molecule has 2 aromatic rings. The summed E-state index contributed by atoms with van der Waals surface area (Å²) in [6.07, 6.45) is 33.7. The summed E-state index contributed by atoms with van der Waals surface area (Å²) < 4.78 is 0. The maximum absolute atomic E-state index is 12.1. The summed E-state index contributed by atoms with van der Waals surface area (Å²) >= 11 is 0. The summed E-state index contributed by atoms with van der Waals surface area (Å²) in [7, 11) is 3.50. The fraction of sp³-hybridized carbons (Fsp3) is 0.571. The van der Waals surface area contributed by atoms with Gasteiger partial charge in [-0.15, -0.1) is 6.58 Å². The van der Waals surface area contributed by atoms with E-state index in [1.165, 1.54) is 131 Å². The van der Waals surface area contributed by atoms with Gasteiger partial charge in [-0.2, -0.15) is 0 Å². The molecule has 6 N–H and O–H groups in total. The molecular weight excluding hydrogens is 795 g/mol. The molecule has 2 aromatic carbocycles. The van der Waals surface area contributed by atoms with Crippen molar-refractivity contribution in [1.29, 1.82) is 0 Å². The van der Waals surface area contributed by atoms with Crippen LogP contribution < -0.4 is 16.8 Å². The smallest absolute Gasteiger partial charge is 0.290 e. The predicted molar refractivity (Wildman–Crippen MR) is 271 cm³/mol. The van der Waals surface area contributed by atoms with Gasteiger partial charge in [0.2, 0.25) is 6.41 Å².